The Kier molecular flexibility index (Phi) is 4.01. The van der Waals surface area contributed by atoms with E-state index >= 15 is 0 Å². The smallest absolute Gasteiger partial charge is 0.158 e. The number of aryl methyl sites for hydroxylation is 1. The van der Waals surface area contributed by atoms with E-state index in [1.807, 2.05) is 6.92 Å². The molecule has 1 aromatic rings. The summed E-state index contributed by atoms with van der Waals surface area (Å²) >= 11 is 0. The van der Waals surface area contributed by atoms with E-state index in [1.165, 1.54) is 6.33 Å². The fraction of sp³-hybridized carbons (Fsp3) is 0.500. The number of carbonyl (C=O) groups excluding carboxylic acids is 1. The lowest BCUT2D eigenvalue weighted by atomic mass is 10.1. The lowest BCUT2D eigenvalue weighted by Gasteiger charge is -2.06. The van der Waals surface area contributed by atoms with Gasteiger partial charge in [0.15, 0.2) is 5.78 Å². The topological polar surface area (TPSA) is 73.8 Å². The van der Waals surface area contributed by atoms with E-state index in [4.69, 9.17) is 12.2 Å². The SMILES string of the molecule is C#CCC(N)C(=O)Cc1ncnn1CC. The van der Waals surface area contributed by atoms with Crippen LogP contribution in [0.1, 0.15) is 19.2 Å². The molecule has 1 rings (SSSR count). The van der Waals surface area contributed by atoms with Gasteiger partial charge in [0.1, 0.15) is 12.2 Å². The van der Waals surface area contributed by atoms with Gasteiger partial charge in [0.05, 0.1) is 12.5 Å². The zero-order chi connectivity index (χ0) is 11.3. The molecule has 0 bridgehead atoms. The molecule has 0 saturated carbocycles. The van der Waals surface area contributed by atoms with Crippen molar-refractivity contribution in [2.45, 2.75) is 32.4 Å². The Bertz CT molecular complexity index is 377. The molecular weight excluding hydrogens is 192 g/mol. The fourth-order valence-electron chi connectivity index (χ4n) is 1.22. The number of hydrogen-bond donors (Lipinski definition) is 1. The highest BCUT2D eigenvalue weighted by Crippen LogP contribution is 1.99. The summed E-state index contributed by atoms with van der Waals surface area (Å²) in [6.07, 6.45) is 6.96. The second-order valence-electron chi connectivity index (χ2n) is 3.15. The normalized spacial score (nSPS) is 12.1. The van der Waals surface area contributed by atoms with E-state index in [1.54, 1.807) is 4.68 Å². The number of rotatable bonds is 5. The third-order valence-electron chi connectivity index (χ3n) is 2.08. The standard InChI is InChI=1S/C10H14N4O/c1-3-5-8(11)9(15)6-10-12-7-13-14(10)4-2/h1,7-8H,4-6,11H2,2H3. The van der Waals surface area contributed by atoms with Crippen molar-refractivity contribution in [3.8, 4) is 12.3 Å². The van der Waals surface area contributed by atoms with Crippen molar-refractivity contribution in [1.82, 2.24) is 14.8 Å². The highest BCUT2D eigenvalue weighted by atomic mass is 16.1. The first-order chi connectivity index (χ1) is 7.19. The van der Waals surface area contributed by atoms with Gasteiger partial charge < -0.3 is 5.73 Å². The summed E-state index contributed by atoms with van der Waals surface area (Å²) in [5.74, 6) is 2.90. The molecule has 0 aliphatic carbocycles. The van der Waals surface area contributed by atoms with E-state index < -0.39 is 6.04 Å². The number of hydrogen-bond acceptors (Lipinski definition) is 4. The van der Waals surface area contributed by atoms with E-state index in [9.17, 15) is 4.79 Å². The van der Waals surface area contributed by atoms with E-state index in [-0.39, 0.29) is 18.6 Å². The minimum Gasteiger partial charge on any atom is -0.321 e. The molecule has 0 aliphatic rings. The van der Waals surface area contributed by atoms with Crippen molar-refractivity contribution < 1.29 is 4.79 Å². The molecule has 2 N–H and O–H groups in total. The predicted molar refractivity (Wildman–Crippen MR) is 55.8 cm³/mol. The Morgan fingerprint density at radius 1 is 1.80 bits per heavy atom. The first-order valence-corrected chi connectivity index (χ1v) is 4.77. The van der Waals surface area contributed by atoms with Crippen LogP contribution in [0, 0.1) is 12.3 Å². The van der Waals surface area contributed by atoms with Gasteiger partial charge in [-0.05, 0) is 6.92 Å². The quantitative estimate of drug-likeness (QED) is 0.675. The average Bonchev–Trinajstić information content (AvgIpc) is 2.65. The maximum atomic E-state index is 11.6. The summed E-state index contributed by atoms with van der Waals surface area (Å²) in [5.41, 5.74) is 5.59. The van der Waals surface area contributed by atoms with Crippen molar-refractivity contribution in [2.24, 2.45) is 5.73 Å². The predicted octanol–water partition coefficient (Wildman–Crippen LogP) is -0.240. The van der Waals surface area contributed by atoms with E-state index in [0.717, 1.165) is 0 Å². The van der Waals surface area contributed by atoms with Gasteiger partial charge >= 0.3 is 0 Å². The van der Waals surface area contributed by atoms with Crippen LogP contribution in [0.2, 0.25) is 0 Å². The van der Waals surface area contributed by atoms with Crippen LogP contribution < -0.4 is 5.73 Å². The van der Waals surface area contributed by atoms with Crippen molar-refractivity contribution >= 4 is 5.78 Å². The molecule has 80 valence electrons. The molecule has 1 aromatic heterocycles. The fourth-order valence-corrected chi connectivity index (χ4v) is 1.22. The Morgan fingerprint density at radius 2 is 2.53 bits per heavy atom. The van der Waals surface area contributed by atoms with Crippen LogP contribution >= 0.6 is 0 Å². The summed E-state index contributed by atoms with van der Waals surface area (Å²) in [4.78, 5) is 15.6. The largest absolute Gasteiger partial charge is 0.321 e. The number of ketones is 1. The maximum absolute atomic E-state index is 11.6. The van der Waals surface area contributed by atoms with E-state index in [2.05, 4.69) is 16.0 Å². The Labute approximate surface area is 88.7 Å². The van der Waals surface area contributed by atoms with Crippen LogP contribution in [0.25, 0.3) is 0 Å². The first-order valence-electron chi connectivity index (χ1n) is 4.77. The number of terminal acetylenes is 1. The van der Waals surface area contributed by atoms with Gasteiger partial charge in [-0.25, -0.2) is 9.67 Å². The highest BCUT2D eigenvalue weighted by Gasteiger charge is 2.15. The van der Waals surface area contributed by atoms with Gasteiger partial charge in [0.2, 0.25) is 0 Å². The van der Waals surface area contributed by atoms with Crippen LogP contribution in [0.3, 0.4) is 0 Å². The van der Waals surface area contributed by atoms with Gasteiger partial charge in [-0.2, -0.15) is 5.10 Å². The molecule has 0 radical (unpaired) electrons. The van der Waals surface area contributed by atoms with Gasteiger partial charge in [-0.15, -0.1) is 12.3 Å². The molecule has 0 spiro atoms. The summed E-state index contributed by atoms with van der Waals surface area (Å²) < 4.78 is 1.67. The number of nitrogens with two attached hydrogens (primary N) is 1. The summed E-state index contributed by atoms with van der Waals surface area (Å²) in [6.45, 7) is 2.62. The molecule has 5 heteroatoms. The summed E-state index contributed by atoms with van der Waals surface area (Å²) in [5, 5.41) is 3.97. The average molecular weight is 206 g/mol. The molecule has 0 fully saturated rings. The van der Waals surface area contributed by atoms with Crippen LogP contribution in [0.5, 0.6) is 0 Å². The summed E-state index contributed by atoms with van der Waals surface area (Å²) in [7, 11) is 0. The highest BCUT2D eigenvalue weighted by molar-refractivity contribution is 5.85. The number of nitrogens with zero attached hydrogens (tertiary/aromatic N) is 3. The molecule has 0 aromatic carbocycles. The molecule has 5 nitrogen and oxygen atoms in total. The number of Topliss-reactive ketones (excluding diaryl/α,β-unsaturated/α-hetero) is 1. The molecule has 1 heterocycles. The van der Waals surface area contributed by atoms with E-state index in [0.29, 0.717) is 12.4 Å². The monoisotopic (exact) mass is 206 g/mol. The molecular formula is C10H14N4O. The lowest BCUT2D eigenvalue weighted by Crippen LogP contribution is -2.32. The van der Waals surface area contributed by atoms with Crippen LogP contribution in [0.15, 0.2) is 6.33 Å². The van der Waals surface area contributed by atoms with Crippen LogP contribution in [0.4, 0.5) is 0 Å². The number of aromatic nitrogens is 3. The minimum absolute atomic E-state index is 0.101. The number of carbonyl (C=O) groups is 1. The molecule has 1 unspecified atom stereocenters. The zero-order valence-corrected chi connectivity index (χ0v) is 8.68. The second kappa shape index (κ2) is 5.27. The second-order valence-corrected chi connectivity index (χ2v) is 3.15. The van der Waals surface area contributed by atoms with Crippen molar-refractivity contribution in [3.63, 3.8) is 0 Å². The Balaban J connectivity index is 2.62. The Morgan fingerprint density at radius 3 is 3.13 bits per heavy atom. The summed E-state index contributed by atoms with van der Waals surface area (Å²) in [6, 6.07) is -0.600. The van der Waals surface area contributed by atoms with Crippen LogP contribution in [-0.2, 0) is 17.8 Å². The van der Waals surface area contributed by atoms with Gasteiger partial charge in [0.25, 0.3) is 0 Å². The zero-order valence-electron chi connectivity index (χ0n) is 8.68. The molecule has 1 atom stereocenters. The third kappa shape index (κ3) is 2.89. The van der Waals surface area contributed by atoms with Crippen molar-refractivity contribution in [1.29, 1.82) is 0 Å². The first kappa shape index (κ1) is 11.4. The molecule has 0 aliphatic heterocycles. The third-order valence-corrected chi connectivity index (χ3v) is 2.08. The Hall–Kier alpha value is -1.67. The van der Waals surface area contributed by atoms with Crippen molar-refractivity contribution in [2.75, 3.05) is 0 Å². The lowest BCUT2D eigenvalue weighted by molar-refractivity contribution is -0.119. The van der Waals surface area contributed by atoms with Gasteiger partial charge in [0, 0.05) is 13.0 Å². The van der Waals surface area contributed by atoms with Crippen LogP contribution in [-0.4, -0.2) is 26.6 Å². The van der Waals surface area contributed by atoms with Gasteiger partial charge in [-0.3, -0.25) is 4.79 Å². The van der Waals surface area contributed by atoms with Gasteiger partial charge in [-0.1, -0.05) is 0 Å². The molecule has 15 heavy (non-hydrogen) atoms. The maximum Gasteiger partial charge on any atom is 0.158 e. The minimum atomic E-state index is -0.600. The molecule has 0 amide bonds. The molecule has 0 saturated heterocycles. The van der Waals surface area contributed by atoms with Crippen molar-refractivity contribution in [3.05, 3.63) is 12.2 Å².